The number of nitrogens with two attached hydrogens (primary N) is 1. The van der Waals surface area contributed by atoms with Crippen molar-refractivity contribution in [2.75, 3.05) is 30.8 Å². The van der Waals surface area contributed by atoms with Crippen LogP contribution in [0.4, 0.5) is 11.6 Å². The first kappa shape index (κ1) is 11.7. The molecule has 0 aliphatic carbocycles. The lowest BCUT2D eigenvalue weighted by Gasteiger charge is -2.18. The minimum absolute atomic E-state index is 0.258. The summed E-state index contributed by atoms with van der Waals surface area (Å²) < 4.78 is 5.45. The van der Waals surface area contributed by atoms with Crippen LogP contribution in [0, 0.1) is 0 Å². The molecule has 0 unspecified atom stereocenters. The van der Waals surface area contributed by atoms with Gasteiger partial charge in [-0.1, -0.05) is 0 Å². The quantitative estimate of drug-likeness (QED) is 0.783. The fourth-order valence-electron chi connectivity index (χ4n) is 1.11. The second kappa shape index (κ2) is 5.50. The first-order valence-corrected chi connectivity index (χ1v) is 5.00. The van der Waals surface area contributed by atoms with Gasteiger partial charge >= 0.3 is 0 Å². The van der Waals surface area contributed by atoms with Gasteiger partial charge in [0, 0.05) is 19.7 Å². The van der Waals surface area contributed by atoms with Crippen LogP contribution in [0.5, 0.6) is 0 Å². The number of anilines is 2. The molecule has 1 rings (SSSR count). The van der Waals surface area contributed by atoms with E-state index in [1.165, 1.54) is 6.33 Å². The number of hydrogen-bond acceptors (Lipinski definition) is 5. The van der Waals surface area contributed by atoms with Crippen LogP contribution in [-0.4, -0.2) is 36.3 Å². The van der Waals surface area contributed by atoms with Crippen LogP contribution in [0.15, 0.2) is 12.4 Å². The summed E-state index contributed by atoms with van der Waals surface area (Å²) in [6.45, 7) is 5.50. The summed E-state index contributed by atoms with van der Waals surface area (Å²) in [5, 5.41) is 0. The lowest BCUT2D eigenvalue weighted by Crippen LogP contribution is -2.24. The van der Waals surface area contributed by atoms with Crippen LogP contribution in [0.1, 0.15) is 13.8 Å². The molecule has 0 saturated heterocycles. The smallest absolute Gasteiger partial charge is 0.133 e. The average molecular weight is 210 g/mol. The minimum atomic E-state index is 0.258. The van der Waals surface area contributed by atoms with E-state index in [1.54, 1.807) is 6.07 Å². The number of ether oxygens (including phenoxy) is 1. The first-order valence-electron chi connectivity index (χ1n) is 5.00. The molecule has 84 valence electrons. The largest absolute Gasteiger partial charge is 0.384 e. The number of aromatic nitrogens is 2. The summed E-state index contributed by atoms with van der Waals surface area (Å²) >= 11 is 0. The molecule has 0 bridgehead atoms. The Morgan fingerprint density at radius 1 is 1.47 bits per heavy atom. The maximum absolute atomic E-state index is 5.56. The van der Waals surface area contributed by atoms with Crippen LogP contribution in [0.25, 0.3) is 0 Å². The molecule has 15 heavy (non-hydrogen) atoms. The van der Waals surface area contributed by atoms with Gasteiger partial charge in [-0.3, -0.25) is 0 Å². The molecule has 0 aromatic carbocycles. The molecule has 0 atom stereocenters. The van der Waals surface area contributed by atoms with E-state index in [1.807, 2.05) is 25.8 Å². The van der Waals surface area contributed by atoms with Crippen molar-refractivity contribution in [2.45, 2.75) is 20.0 Å². The van der Waals surface area contributed by atoms with Crippen LogP contribution >= 0.6 is 0 Å². The van der Waals surface area contributed by atoms with Crippen molar-refractivity contribution in [3.05, 3.63) is 12.4 Å². The van der Waals surface area contributed by atoms with E-state index in [0.29, 0.717) is 12.4 Å². The molecule has 0 saturated carbocycles. The zero-order valence-corrected chi connectivity index (χ0v) is 9.47. The maximum atomic E-state index is 5.56. The van der Waals surface area contributed by atoms with E-state index in [-0.39, 0.29) is 6.10 Å². The third kappa shape index (κ3) is 4.12. The van der Waals surface area contributed by atoms with E-state index >= 15 is 0 Å². The van der Waals surface area contributed by atoms with Gasteiger partial charge in [-0.05, 0) is 13.8 Å². The Morgan fingerprint density at radius 2 is 2.20 bits per heavy atom. The second-order valence-corrected chi connectivity index (χ2v) is 3.64. The Bertz CT molecular complexity index is 303. The molecule has 5 nitrogen and oxygen atoms in total. The van der Waals surface area contributed by atoms with Crippen LogP contribution < -0.4 is 10.6 Å². The number of rotatable bonds is 5. The molecule has 0 aliphatic heterocycles. The van der Waals surface area contributed by atoms with Gasteiger partial charge in [-0.2, -0.15) is 0 Å². The summed E-state index contributed by atoms with van der Waals surface area (Å²) in [5.41, 5.74) is 5.56. The standard InChI is InChI=1S/C10H18N4O/c1-8(2)15-5-4-14(3)10-6-9(11)12-7-13-10/h6-8H,4-5H2,1-3H3,(H2,11,12,13). The van der Waals surface area contributed by atoms with E-state index in [0.717, 1.165) is 12.4 Å². The summed E-state index contributed by atoms with van der Waals surface area (Å²) in [6.07, 6.45) is 1.72. The van der Waals surface area contributed by atoms with Crippen molar-refractivity contribution in [3.8, 4) is 0 Å². The number of likely N-dealkylation sites (N-methyl/N-ethyl adjacent to an activating group) is 1. The Morgan fingerprint density at radius 3 is 2.80 bits per heavy atom. The van der Waals surface area contributed by atoms with Crippen LogP contribution in [0.2, 0.25) is 0 Å². The number of nitrogens with zero attached hydrogens (tertiary/aromatic N) is 3. The Labute approximate surface area is 90.3 Å². The SMILES string of the molecule is CC(C)OCCN(C)c1cc(N)ncn1. The number of hydrogen-bond donors (Lipinski definition) is 1. The van der Waals surface area contributed by atoms with Gasteiger partial charge < -0.3 is 15.4 Å². The zero-order chi connectivity index (χ0) is 11.3. The van der Waals surface area contributed by atoms with Gasteiger partial charge in [-0.15, -0.1) is 0 Å². The second-order valence-electron chi connectivity index (χ2n) is 3.64. The zero-order valence-electron chi connectivity index (χ0n) is 9.47. The molecule has 0 aliphatic rings. The van der Waals surface area contributed by atoms with E-state index < -0.39 is 0 Å². The molecule has 1 aromatic heterocycles. The molecule has 2 N–H and O–H groups in total. The highest BCUT2D eigenvalue weighted by molar-refractivity contribution is 5.44. The molecule has 0 spiro atoms. The molecule has 1 heterocycles. The van der Waals surface area contributed by atoms with Gasteiger partial charge in [0.1, 0.15) is 18.0 Å². The van der Waals surface area contributed by atoms with Crippen molar-refractivity contribution < 1.29 is 4.74 Å². The molecular formula is C10H18N4O. The van der Waals surface area contributed by atoms with Crippen LogP contribution in [0.3, 0.4) is 0 Å². The monoisotopic (exact) mass is 210 g/mol. The predicted molar refractivity (Wildman–Crippen MR) is 60.8 cm³/mol. The van der Waals surface area contributed by atoms with Crippen molar-refractivity contribution in [2.24, 2.45) is 0 Å². The first-order chi connectivity index (χ1) is 7.09. The molecule has 1 aromatic rings. The summed E-state index contributed by atoms with van der Waals surface area (Å²) in [6, 6.07) is 1.75. The Balaban J connectivity index is 2.43. The third-order valence-electron chi connectivity index (χ3n) is 1.94. The molecular weight excluding hydrogens is 192 g/mol. The third-order valence-corrected chi connectivity index (χ3v) is 1.94. The van der Waals surface area contributed by atoms with Crippen molar-refractivity contribution in [1.29, 1.82) is 0 Å². The van der Waals surface area contributed by atoms with E-state index in [4.69, 9.17) is 10.5 Å². The van der Waals surface area contributed by atoms with Gasteiger partial charge in [-0.25, -0.2) is 9.97 Å². The molecule has 5 heteroatoms. The molecule has 0 radical (unpaired) electrons. The lowest BCUT2D eigenvalue weighted by atomic mass is 10.4. The Kier molecular flexibility index (Phi) is 4.30. The molecule has 0 amide bonds. The highest BCUT2D eigenvalue weighted by Gasteiger charge is 2.03. The summed E-state index contributed by atoms with van der Waals surface area (Å²) in [7, 11) is 1.95. The Hall–Kier alpha value is -1.36. The van der Waals surface area contributed by atoms with Gasteiger partial charge in [0.25, 0.3) is 0 Å². The summed E-state index contributed by atoms with van der Waals surface area (Å²) in [5.74, 6) is 1.30. The van der Waals surface area contributed by atoms with Gasteiger partial charge in [0.2, 0.25) is 0 Å². The maximum Gasteiger partial charge on any atom is 0.133 e. The normalized spacial score (nSPS) is 10.7. The summed E-state index contributed by atoms with van der Waals surface area (Å²) in [4.78, 5) is 9.94. The molecule has 0 fully saturated rings. The number of nitrogen functional groups attached to an aromatic ring is 1. The highest BCUT2D eigenvalue weighted by Crippen LogP contribution is 2.09. The minimum Gasteiger partial charge on any atom is -0.384 e. The fraction of sp³-hybridized carbons (Fsp3) is 0.600. The average Bonchev–Trinajstić information content (AvgIpc) is 2.17. The van der Waals surface area contributed by atoms with Gasteiger partial charge in [0.05, 0.1) is 12.7 Å². The van der Waals surface area contributed by atoms with Crippen molar-refractivity contribution >= 4 is 11.6 Å². The van der Waals surface area contributed by atoms with E-state index in [2.05, 4.69) is 9.97 Å². The topological polar surface area (TPSA) is 64.3 Å². The van der Waals surface area contributed by atoms with Gasteiger partial charge in [0.15, 0.2) is 0 Å². The van der Waals surface area contributed by atoms with Crippen LogP contribution in [-0.2, 0) is 4.74 Å². The van der Waals surface area contributed by atoms with Crippen molar-refractivity contribution in [3.63, 3.8) is 0 Å². The predicted octanol–water partition coefficient (Wildman–Crippen LogP) is 0.920. The van der Waals surface area contributed by atoms with E-state index in [9.17, 15) is 0 Å². The lowest BCUT2D eigenvalue weighted by molar-refractivity contribution is 0.0845. The fourth-order valence-corrected chi connectivity index (χ4v) is 1.11. The highest BCUT2D eigenvalue weighted by atomic mass is 16.5. The van der Waals surface area contributed by atoms with Crippen molar-refractivity contribution in [1.82, 2.24) is 9.97 Å².